The van der Waals surface area contributed by atoms with Gasteiger partial charge < -0.3 is 14.8 Å². The Kier molecular flexibility index (Phi) is 6.54. The smallest absolute Gasteiger partial charge is 0.263 e. The minimum Gasteiger partial charge on any atom is -0.381 e. The van der Waals surface area contributed by atoms with E-state index in [9.17, 15) is 9.18 Å². The first-order chi connectivity index (χ1) is 14.1. The number of aryl methyl sites for hydroxylation is 1. The van der Waals surface area contributed by atoms with E-state index in [2.05, 4.69) is 15.2 Å². The van der Waals surface area contributed by atoms with Crippen molar-refractivity contribution in [3.63, 3.8) is 0 Å². The van der Waals surface area contributed by atoms with E-state index in [4.69, 9.17) is 9.47 Å². The van der Waals surface area contributed by atoms with Crippen molar-refractivity contribution in [2.45, 2.75) is 19.4 Å². The maximum Gasteiger partial charge on any atom is 0.263 e. The molecule has 8 heteroatoms. The molecule has 1 N–H and O–H groups in total. The Labute approximate surface area is 174 Å². The van der Waals surface area contributed by atoms with Crippen LogP contribution in [0.3, 0.4) is 0 Å². The van der Waals surface area contributed by atoms with Crippen LogP contribution in [0.1, 0.15) is 21.8 Å². The minimum absolute atomic E-state index is 0.106. The van der Waals surface area contributed by atoms with Crippen LogP contribution in [0.2, 0.25) is 0 Å². The van der Waals surface area contributed by atoms with Gasteiger partial charge >= 0.3 is 0 Å². The third-order valence-corrected chi connectivity index (χ3v) is 6.79. The van der Waals surface area contributed by atoms with Crippen molar-refractivity contribution in [3.8, 4) is 10.6 Å². The van der Waals surface area contributed by atoms with Gasteiger partial charge in [-0.15, -0.1) is 11.3 Å². The molecule has 2 aromatic rings. The lowest BCUT2D eigenvalue weighted by Crippen LogP contribution is -2.52. The van der Waals surface area contributed by atoms with Crippen LogP contribution < -0.4 is 5.32 Å². The van der Waals surface area contributed by atoms with Gasteiger partial charge in [0.25, 0.3) is 5.91 Å². The number of nitrogens with zero attached hydrogens (tertiary/aromatic N) is 2. The number of rotatable bonds is 6. The number of carbonyl (C=O) groups excluding carboxylic acids is 1. The molecule has 0 spiro atoms. The van der Waals surface area contributed by atoms with Crippen LogP contribution in [0.5, 0.6) is 0 Å². The van der Waals surface area contributed by atoms with Crippen LogP contribution in [0.25, 0.3) is 10.6 Å². The van der Waals surface area contributed by atoms with Gasteiger partial charge in [0.05, 0.1) is 25.5 Å². The normalized spacial score (nSPS) is 21.2. The zero-order chi connectivity index (χ0) is 20.2. The van der Waals surface area contributed by atoms with E-state index in [1.54, 1.807) is 12.1 Å². The highest BCUT2D eigenvalue weighted by Gasteiger charge is 2.32. The molecule has 29 heavy (non-hydrogen) atoms. The molecule has 2 atom stereocenters. The summed E-state index contributed by atoms with van der Waals surface area (Å²) in [6, 6.07) is 6.42. The minimum atomic E-state index is -0.287. The van der Waals surface area contributed by atoms with Gasteiger partial charge in [-0.2, -0.15) is 0 Å². The van der Waals surface area contributed by atoms with Crippen LogP contribution in [0.4, 0.5) is 4.39 Å². The monoisotopic (exact) mass is 419 g/mol. The average Bonchev–Trinajstić information content (AvgIpc) is 3.40. The number of amides is 1. The molecule has 2 unspecified atom stereocenters. The van der Waals surface area contributed by atoms with Gasteiger partial charge in [0.2, 0.25) is 0 Å². The Hall–Kier alpha value is -1.87. The number of thiazole rings is 1. The summed E-state index contributed by atoms with van der Waals surface area (Å²) in [5, 5.41) is 3.85. The Balaban J connectivity index is 1.44. The molecular formula is C21H26FN3O3S. The van der Waals surface area contributed by atoms with Crippen LogP contribution >= 0.6 is 11.3 Å². The predicted octanol–water partition coefficient (Wildman–Crippen LogP) is 2.72. The summed E-state index contributed by atoms with van der Waals surface area (Å²) >= 11 is 1.34. The van der Waals surface area contributed by atoms with E-state index in [-0.39, 0.29) is 17.8 Å². The first kappa shape index (κ1) is 20.4. The molecule has 2 fully saturated rings. The number of nitrogens with one attached hydrogen (secondary N) is 1. The van der Waals surface area contributed by atoms with Gasteiger partial charge in [0.15, 0.2) is 0 Å². The average molecular weight is 420 g/mol. The SMILES string of the molecule is Cc1nc(-c2ccc(F)cc2)sc1C(=O)NCC(C1CCOC1)N1CCOCC1. The highest BCUT2D eigenvalue weighted by atomic mass is 32.1. The molecule has 0 bridgehead atoms. The molecule has 1 aromatic heterocycles. The largest absolute Gasteiger partial charge is 0.381 e. The first-order valence-electron chi connectivity index (χ1n) is 10.0. The van der Waals surface area contributed by atoms with Crippen molar-refractivity contribution in [1.82, 2.24) is 15.2 Å². The van der Waals surface area contributed by atoms with Crippen molar-refractivity contribution in [2.24, 2.45) is 5.92 Å². The summed E-state index contributed by atoms with van der Waals surface area (Å²) in [5.41, 5.74) is 1.51. The molecule has 2 saturated heterocycles. The first-order valence-corrected chi connectivity index (χ1v) is 10.8. The van der Waals surface area contributed by atoms with E-state index in [0.29, 0.717) is 23.0 Å². The van der Waals surface area contributed by atoms with E-state index in [0.717, 1.165) is 56.5 Å². The highest BCUT2D eigenvalue weighted by Crippen LogP contribution is 2.28. The number of hydrogen-bond donors (Lipinski definition) is 1. The van der Waals surface area contributed by atoms with Crippen LogP contribution in [-0.4, -0.2) is 67.9 Å². The van der Waals surface area contributed by atoms with Crippen molar-refractivity contribution in [2.75, 3.05) is 46.1 Å². The number of hydrogen-bond acceptors (Lipinski definition) is 6. The lowest BCUT2D eigenvalue weighted by atomic mass is 9.97. The fourth-order valence-corrected chi connectivity index (χ4v) is 4.95. The lowest BCUT2D eigenvalue weighted by molar-refractivity contribution is 0.00167. The lowest BCUT2D eigenvalue weighted by Gasteiger charge is -2.37. The predicted molar refractivity (Wildman–Crippen MR) is 110 cm³/mol. The van der Waals surface area contributed by atoms with Crippen LogP contribution in [0, 0.1) is 18.7 Å². The molecular weight excluding hydrogens is 393 g/mol. The number of ether oxygens (including phenoxy) is 2. The van der Waals surface area contributed by atoms with Crippen LogP contribution in [-0.2, 0) is 9.47 Å². The van der Waals surface area contributed by atoms with Crippen molar-refractivity contribution < 1.29 is 18.7 Å². The third kappa shape index (κ3) is 4.83. The Morgan fingerprint density at radius 2 is 2.03 bits per heavy atom. The summed E-state index contributed by atoms with van der Waals surface area (Å²) in [7, 11) is 0. The molecule has 3 heterocycles. The van der Waals surface area contributed by atoms with Crippen molar-refractivity contribution in [3.05, 3.63) is 40.7 Å². The van der Waals surface area contributed by atoms with Crippen LogP contribution in [0.15, 0.2) is 24.3 Å². The molecule has 0 radical (unpaired) electrons. The van der Waals surface area contributed by atoms with Crippen molar-refractivity contribution >= 4 is 17.2 Å². The van der Waals surface area contributed by atoms with Crippen molar-refractivity contribution in [1.29, 1.82) is 0 Å². The van der Waals surface area contributed by atoms with Gasteiger partial charge in [0, 0.05) is 43.8 Å². The number of halogens is 1. The molecule has 4 rings (SSSR count). The second-order valence-corrected chi connectivity index (χ2v) is 8.49. The van der Waals surface area contributed by atoms with Gasteiger partial charge in [-0.1, -0.05) is 0 Å². The highest BCUT2D eigenvalue weighted by molar-refractivity contribution is 7.17. The van der Waals surface area contributed by atoms with E-state index >= 15 is 0 Å². The molecule has 6 nitrogen and oxygen atoms in total. The van der Waals surface area contributed by atoms with Gasteiger partial charge in [0.1, 0.15) is 15.7 Å². The number of aromatic nitrogens is 1. The number of carbonyl (C=O) groups is 1. The Morgan fingerprint density at radius 3 is 2.72 bits per heavy atom. The molecule has 2 aliphatic heterocycles. The van der Waals surface area contributed by atoms with E-state index < -0.39 is 0 Å². The second kappa shape index (κ2) is 9.30. The van der Waals surface area contributed by atoms with Gasteiger partial charge in [-0.3, -0.25) is 9.69 Å². The quantitative estimate of drug-likeness (QED) is 0.780. The van der Waals surface area contributed by atoms with E-state index in [1.165, 1.54) is 23.5 Å². The van der Waals surface area contributed by atoms with E-state index in [1.807, 2.05) is 6.92 Å². The summed E-state index contributed by atoms with van der Waals surface area (Å²) in [6.45, 7) is 7.16. The maximum absolute atomic E-state index is 13.2. The zero-order valence-corrected chi connectivity index (χ0v) is 17.3. The third-order valence-electron chi connectivity index (χ3n) is 5.59. The number of benzene rings is 1. The topological polar surface area (TPSA) is 63.7 Å². The Morgan fingerprint density at radius 1 is 1.28 bits per heavy atom. The summed E-state index contributed by atoms with van der Waals surface area (Å²) in [5.74, 6) is 0.0290. The van der Waals surface area contributed by atoms with Gasteiger partial charge in [-0.05, 0) is 37.6 Å². The molecule has 2 aliphatic rings. The second-order valence-electron chi connectivity index (χ2n) is 7.49. The number of morpholine rings is 1. The van der Waals surface area contributed by atoms with Gasteiger partial charge in [-0.25, -0.2) is 9.37 Å². The summed E-state index contributed by atoms with van der Waals surface area (Å²) in [4.78, 5) is 20.4. The molecule has 1 amide bonds. The fourth-order valence-electron chi connectivity index (χ4n) is 3.96. The maximum atomic E-state index is 13.2. The molecule has 1 aromatic carbocycles. The zero-order valence-electron chi connectivity index (χ0n) is 16.5. The summed E-state index contributed by atoms with van der Waals surface area (Å²) < 4.78 is 24.3. The summed E-state index contributed by atoms with van der Waals surface area (Å²) in [6.07, 6.45) is 1.02. The molecule has 0 aliphatic carbocycles. The molecule has 0 saturated carbocycles. The Bertz CT molecular complexity index is 830. The molecule has 156 valence electrons. The standard InChI is InChI=1S/C21H26FN3O3S/c1-14-19(29-21(24-14)15-2-4-17(22)5-3-15)20(26)23-12-18(16-6-9-28-13-16)25-7-10-27-11-8-25/h2-5,16,18H,6-13H2,1H3,(H,23,26). The fraction of sp³-hybridized carbons (Fsp3) is 0.524.